The number of rotatable bonds is 2. The van der Waals surface area contributed by atoms with Crippen molar-refractivity contribution < 1.29 is 13.5 Å². The van der Waals surface area contributed by atoms with Crippen LogP contribution in [0.1, 0.15) is 11.1 Å². The number of phenolic OH excluding ortho intramolecular Hbond substituents is 1. The third-order valence-corrected chi connectivity index (χ3v) is 5.27. The minimum atomic E-state index is -3.45. The van der Waals surface area contributed by atoms with Gasteiger partial charge in [-0.3, -0.25) is 4.31 Å². The van der Waals surface area contributed by atoms with Gasteiger partial charge in [-0.1, -0.05) is 30.3 Å². The Bertz CT molecular complexity index is 904. The van der Waals surface area contributed by atoms with E-state index in [1.807, 2.05) is 12.1 Å². The Labute approximate surface area is 134 Å². The van der Waals surface area contributed by atoms with Crippen molar-refractivity contribution in [3.8, 4) is 5.75 Å². The van der Waals surface area contributed by atoms with Crippen LogP contribution in [0.4, 0.5) is 5.69 Å². The molecule has 118 valence electrons. The van der Waals surface area contributed by atoms with Crippen molar-refractivity contribution in [2.24, 2.45) is 10.2 Å². The number of benzene rings is 2. The Morgan fingerprint density at radius 1 is 1.13 bits per heavy atom. The predicted molar refractivity (Wildman–Crippen MR) is 90.9 cm³/mol. The number of aromatic hydroxyl groups is 1. The molecule has 1 heterocycles. The molecule has 0 saturated heterocycles. The van der Waals surface area contributed by atoms with Gasteiger partial charge in [0.1, 0.15) is 11.5 Å². The Balaban J connectivity index is 1.99. The Hall–Kier alpha value is -2.67. The zero-order valence-electron chi connectivity index (χ0n) is 12.4. The summed E-state index contributed by atoms with van der Waals surface area (Å²) in [6.07, 6.45) is 1.40. The molecule has 3 rings (SSSR count). The summed E-state index contributed by atoms with van der Waals surface area (Å²) >= 11 is 0. The first-order valence-corrected chi connectivity index (χ1v) is 8.54. The largest absolute Gasteiger partial charge is 0.507 e. The standard InChI is InChI=1S/C16H15N3O3S/c1-19-15-8-4-3-7-13(15)14(11-23(19,21)22)18-17-10-12-6-2-5-9-16(12)20/h2-10,20H,11H2,1H3/b17-10+,18-14+. The van der Waals surface area contributed by atoms with Crippen molar-refractivity contribution in [3.05, 3.63) is 59.7 Å². The van der Waals surface area contributed by atoms with Crippen LogP contribution in [0, 0.1) is 0 Å². The van der Waals surface area contributed by atoms with Gasteiger partial charge < -0.3 is 5.11 Å². The molecule has 0 bridgehead atoms. The first-order chi connectivity index (χ1) is 11.0. The van der Waals surface area contributed by atoms with E-state index in [4.69, 9.17) is 0 Å². The van der Waals surface area contributed by atoms with Crippen LogP contribution in [0.15, 0.2) is 58.7 Å². The number of anilines is 1. The molecular weight excluding hydrogens is 314 g/mol. The Morgan fingerprint density at radius 3 is 2.61 bits per heavy atom. The predicted octanol–water partition coefficient (Wildman–Crippen LogP) is 2.00. The highest BCUT2D eigenvalue weighted by Crippen LogP contribution is 2.28. The molecule has 0 unspecified atom stereocenters. The highest BCUT2D eigenvalue weighted by Gasteiger charge is 2.30. The SMILES string of the molecule is CN1c2ccccc2/C(=N/N=C/c2ccccc2O)CS1(=O)=O. The second-order valence-corrected chi connectivity index (χ2v) is 7.09. The molecule has 0 saturated carbocycles. The molecule has 0 aromatic heterocycles. The maximum absolute atomic E-state index is 12.2. The monoisotopic (exact) mass is 329 g/mol. The van der Waals surface area contributed by atoms with E-state index < -0.39 is 10.0 Å². The fraction of sp³-hybridized carbons (Fsp3) is 0.125. The van der Waals surface area contributed by atoms with E-state index in [0.717, 1.165) is 5.56 Å². The third kappa shape index (κ3) is 2.95. The van der Waals surface area contributed by atoms with Crippen molar-refractivity contribution in [3.63, 3.8) is 0 Å². The summed E-state index contributed by atoms with van der Waals surface area (Å²) in [4.78, 5) is 0. The van der Waals surface area contributed by atoms with Gasteiger partial charge in [-0.15, -0.1) is 0 Å². The Kier molecular flexibility index (Phi) is 3.87. The van der Waals surface area contributed by atoms with Crippen LogP contribution in [0.25, 0.3) is 0 Å². The van der Waals surface area contributed by atoms with Crippen LogP contribution in [0.2, 0.25) is 0 Å². The van der Waals surface area contributed by atoms with Crippen LogP contribution in [0.5, 0.6) is 5.75 Å². The topological polar surface area (TPSA) is 82.3 Å². The normalized spacial score (nSPS) is 18.3. The summed E-state index contributed by atoms with van der Waals surface area (Å²) in [6.45, 7) is 0. The van der Waals surface area contributed by atoms with Crippen LogP contribution < -0.4 is 4.31 Å². The van der Waals surface area contributed by atoms with Crippen LogP contribution >= 0.6 is 0 Å². The minimum Gasteiger partial charge on any atom is -0.507 e. The van der Waals surface area contributed by atoms with Crippen molar-refractivity contribution >= 4 is 27.6 Å². The van der Waals surface area contributed by atoms with Gasteiger partial charge >= 0.3 is 0 Å². The molecule has 2 aromatic carbocycles. The number of fused-ring (bicyclic) bond motifs is 1. The molecule has 0 radical (unpaired) electrons. The van der Waals surface area contributed by atoms with E-state index in [1.54, 1.807) is 36.4 Å². The van der Waals surface area contributed by atoms with E-state index in [-0.39, 0.29) is 11.5 Å². The molecule has 23 heavy (non-hydrogen) atoms. The van der Waals surface area contributed by atoms with Gasteiger partial charge in [-0.05, 0) is 18.2 Å². The molecular formula is C16H15N3O3S. The summed E-state index contributed by atoms with van der Waals surface area (Å²) < 4.78 is 25.6. The first kappa shape index (κ1) is 15.2. The summed E-state index contributed by atoms with van der Waals surface area (Å²) in [5.74, 6) is -0.119. The zero-order valence-corrected chi connectivity index (χ0v) is 13.2. The van der Waals surface area contributed by atoms with Crippen molar-refractivity contribution in [1.82, 2.24) is 0 Å². The van der Waals surface area contributed by atoms with Gasteiger partial charge in [0.25, 0.3) is 0 Å². The fourth-order valence-electron chi connectivity index (χ4n) is 2.33. The number of hydrogen-bond acceptors (Lipinski definition) is 5. The molecule has 0 amide bonds. The smallest absolute Gasteiger partial charge is 0.240 e. The van der Waals surface area contributed by atoms with Gasteiger partial charge in [0, 0.05) is 18.2 Å². The Morgan fingerprint density at radius 2 is 1.83 bits per heavy atom. The highest BCUT2D eigenvalue weighted by atomic mass is 32.2. The number of hydrogen-bond donors (Lipinski definition) is 1. The molecule has 2 aromatic rings. The maximum atomic E-state index is 12.2. The molecule has 1 aliphatic heterocycles. The van der Waals surface area contributed by atoms with Crippen LogP contribution in [-0.4, -0.2) is 38.3 Å². The number of nitrogens with zero attached hydrogens (tertiary/aromatic N) is 3. The summed E-state index contributed by atoms with van der Waals surface area (Å²) in [7, 11) is -1.92. The first-order valence-electron chi connectivity index (χ1n) is 6.93. The molecule has 0 spiro atoms. The van der Waals surface area contributed by atoms with E-state index in [2.05, 4.69) is 10.2 Å². The summed E-state index contributed by atoms with van der Waals surface area (Å²) in [5.41, 5.74) is 2.21. The quantitative estimate of drug-likeness (QED) is 0.676. The van der Waals surface area contributed by atoms with Crippen molar-refractivity contribution in [2.45, 2.75) is 0 Å². The fourth-order valence-corrected chi connectivity index (χ4v) is 3.54. The molecule has 0 fully saturated rings. The summed E-state index contributed by atoms with van der Waals surface area (Å²) in [5, 5.41) is 17.7. The summed E-state index contributed by atoms with van der Waals surface area (Å²) in [6, 6.07) is 13.9. The van der Waals surface area contributed by atoms with Crippen LogP contribution in [-0.2, 0) is 10.0 Å². The van der Waals surface area contributed by atoms with Crippen LogP contribution in [0.3, 0.4) is 0 Å². The lowest BCUT2D eigenvalue weighted by atomic mass is 10.1. The van der Waals surface area contributed by atoms with E-state index >= 15 is 0 Å². The second kappa shape index (κ2) is 5.85. The average Bonchev–Trinajstić information content (AvgIpc) is 2.54. The molecule has 0 aliphatic carbocycles. The van der Waals surface area contributed by atoms with Crippen molar-refractivity contribution in [2.75, 3.05) is 17.1 Å². The number of phenols is 1. The van der Waals surface area contributed by atoms with E-state index in [0.29, 0.717) is 17.0 Å². The minimum absolute atomic E-state index is 0.0906. The second-order valence-electron chi connectivity index (χ2n) is 5.09. The number of sulfonamides is 1. The molecule has 1 aliphatic rings. The van der Waals surface area contributed by atoms with Gasteiger partial charge in [0.15, 0.2) is 0 Å². The van der Waals surface area contributed by atoms with Gasteiger partial charge in [-0.2, -0.15) is 10.2 Å². The molecule has 0 atom stereocenters. The van der Waals surface area contributed by atoms with Gasteiger partial charge in [-0.25, -0.2) is 8.42 Å². The average molecular weight is 329 g/mol. The molecule has 6 nitrogen and oxygen atoms in total. The maximum Gasteiger partial charge on any atom is 0.240 e. The number of para-hydroxylation sites is 2. The lowest BCUT2D eigenvalue weighted by Crippen LogP contribution is -2.38. The van der Waals surface area contributed by atoms with E-state index in [1.165, 1.54) is 17.6 Å². The lowest BCUT2D eigenvalue weighted by Gasteiger charge is -2.27. The van der Waals surface area contributed by atoms with E-state index in [9.17, 15) is 13.5 Å². The lowest BCUT2D eigenvalue weighted by molar-refractivity contribution is 0.474. The zero-order chi connectivity index (χ0) is 16.4. The van der Waals surface area contributed by atoms with Gasteiger partial charge in [0.2, 0.25) is 10.0 Å². The highest BCUT2D eigenvalue weighted by molar-refractivity contribution is 7.93. The molecule has 1 N–H and O–H groups in total. The third-order valence-electron chi connectivity index (χ3n) is 3.60. The molecule has 7 heteroatoms. The van der Waals surface area contributed by atoms with Gasteiger partial charge in [0.05, 0.1) is 17.6 Å². The van der Waals surface area contributed by atoms with Crippen molar-refractivity contribution in [1.29, 1.82) is 0 Å².